The fourth-order valence-corrected chi connectivity index (χ4v) is 2.94. The Labute approximate surface area is 187 Å². The normalized spacial score (nSPS) is 10.4. The van der Waals surface area contributed by atoms with E-state index in [0.29, 0.717) is 23.1 Å². The number of carbonyl (C=O) groups excluding carboxylic acids is 2. The van der Waals surface area contributed by atoms with Crippen molar-refractivity contribution in [3.8, 4) is 11.5 Å². The van der Waals surface area contributed by atoms with Crippen molar-refractivity contribution in [2.75, 3.05) is 23.8 Å². The lowest BCUT2D eigenvalue weighted by molar-refractivity contribution is -0.118. The van der Waals surface area contributed by atoms with Gasteiger partial charge in [0.2, 0.25) is 0 Å². The molecule has 0 spiro atoms. The van der Waals surface area contributed by atoms with Gasteiger partial charge in [-0.3, -0.25) is 9.59 Å². The maximum absolute atomic E-state index is 12.3. The topological polar surface area (TPSA) is 89.6 Å². The lowest BCUT2D eigenvalue weighted by atomic mass is 10.1. The Bertz CT molecular complexity index is 1040. The largest absolute Gasteiger partial charge is 0.483 e. The zero-order chi connectivity index (χ0) is 23.1. The number of aromatic nitrogens is 1. The third kappa shape index (κ3) is 6.57. The van der Waals surface area contributed by atoms with Gasteiger partial charge in [-0.1, -0.05) is 30.3 Å². The quantitative estimate of drug-likeness (QED) is 0.551. The molecule has 2 aromatic carbocycles. The van der Waals surface area contributed by atoms with Crippen LogP contribution in [0.4, 0.5) is 11.6 Å². The van der Waals surface area contributed by atoms with Crippen molar-refractivity contribution in [2.45, 2.75) is 27.7 Å². The first-order valence-corrected chi connectivity index (χ1v) is 10.3. The van der Waals surface area contributed by atoms with Crippen LogP contribution < -0.4 is 20.1 Å². The van der Waals surface area contributed by atoms with Crippen molar-refractivity contribution in [3.63, 3.8) is 0 Å². The second-order valence-corrected chi connectivity index (χ2v) is 7.62. The average Bonchev–Trinajstić information content (AvgIpc) is 2.75. The molecule has 0 saturated carbocycles. The van der Waals surface area contributed by atoms with E-state index in [0.717, 1.165) is 22.3 Å². The van der Waals surface area contributed by atoms with Crippen LogP contribution in [0.1, 0.15) is 22.3 Å². The van der Waals surface area contributed by atoms with Crippen molar-refractivity contribution in [3.05, 3.63) is 76.9 Å². The summed E-state index contributed by atoms with van der Waals surface area (Å²) in [6.45, 7) is 7.47. The summed E-state index contributed by atoms with van der Waals surface area (Å²) < 4.78 is 11.2. The number of aryl methyl sites for hydroxylation is 4. The number of hydrogen-bond acceptors (Lipinski definition) is 5. The predicted octanol–water partition coefficient (Wildman–Crippen LogP) is 4.35. The van der Waals surface area contributed by atoms with Crippen molar-refractivity contribution >= 4 is 23.5 Å². The van der Waals surface area contributed by atoms with Crippen LogP contribution in [-0.4, -0.2) is 30.0 Å². The zero-order valence-corrected chi connectivity index (χ0v) is 18.7. The van der Waals surface area contributed by atoms with Crippen LogP contribution in [-0.2, 0) is 9.59 Å². The molecule has 0 aliphatic rings. The Morgan fingerprint density at radius 2 is 1.16 bits per heavy atom. The van der Waals surface area contributed by atoms with E-state index in [-0.39, 0.29) is 25.0 Å². The van der Waals surface area contributed by atoms with E-state index in [1.165, 1.54) is 0 Å². The van der Waals surface area contributed by atoms with Crippen LogP contribution >= 0.6 is 0 Å². The minimum Gasteiger partial charge on any atom is -0.483 e. The Hall–Kier alpha value is -3.87. The summed E-state index contributed by atoms with van der Waals surface area (Å²) in [6.07, 6.45) is 0. The molecule has 1 aromatic heterocycles. The number of anilines is 2. The first kappa shape index (κ1) is 22.8. The van der Waals surface area contributed by atoms with Crippen LogP contribution in [0, 0.1) is 27.7 Å². The van der Waals surface area contributed by atoms with Crippen LogP contribution in [0.3, 0.4) is 0 Å². The summed E-state index contributed by atoms with van der Waals surface area (Å²) in [5.74, 6) is 1.26. The number of rotatable bonds is 8. The van der Waals surface area contributed by atoms with Crippen molar-refractivity contribution in [1.29, 1.82) is 0 Å². The number of nitrogens with one attached hydrogen (secondary N) is 2. The molecular formula is C25H27N3O4. The van der Waals surface area contributed by atoms with E-state index >= 15 is 0 Å². The highest BCUT2D eigenvalue weighted by atomic mass is 16.5. The molecular weight excluding hydrogens is 406 g/mol. The lowest BCUT2D eigenvalue weighted by Gasteiger charge is -2.11. The molecule has 3 rings (SSSR count). The van der Waals surface area contributed by atoms with E-state index in [4.69, 9.17) is 9.47 Å². The maximum atomic E-state index is 12.3. The summed E-state index contributed by atoms with van der Waals surface area (Å²) in [4.78, 5) is 28.8. The standard InChI is InChI=1S/C25H27N3O4/c1-16-8-10-18(3)20(12-16)31-14-24(29)27-22-6-5-7-23(26-22)28-25(30)15-32-21-13-17(2)9-11-19(21)4/h5-13H,14-15H2,1-4H3,(H2,26,27,28,29,30). The second kappa shape index (κ2) is 10.4. The highest BCUT2D eigenvalue weighted by Gasteiger charge is 2.10. The Morgan fingerprint density at radius 3 is 1.59 bits per heavy atom. The van der Waals surface area contributed by atoms with Gasteiger partial charge in [-0.25, -0.2) is 4.98 Å². The molecule has 0 radical (unpaired) electrons. The highest BCUT2D eigenvalue weighted by molar-refractivity contribution is 5.93. The van der Waals surface area contributed by atoms with Crippen molar-refractivity contribution in [1.82, 2.24) is 4.98 Å². The summed E-state index contributed by atoms with van der Waals surface area (Å²) >= 11 is 0. The molecule has 0 fully saturated rings. The molecule has 1 heterocycles. The van der Waals surface area contributed by atoms with Gasteiger partial charge < -0.3 is 20.1 Å². The first-order valence-electron chi connectivity index (χ1n) is 10.3. The van der Waals surface area contributed by atoms with Crippen LogP contribution in [0.5, 0.6) is 11.5 Å². The first-order chi connectivity index (χ1) is 15.3. The van der Waals surface area contributed by atoms with Crippen molar-refractivity contribution in [2.24, 2.45) is 0 Å². The second-order valence-electron chi connectivity index (χ2n) is 7.62. The summed E-state index contributed by atoms with van der Waals surface area (Å²) in [6, 6.07) is 16.6. The zero-order valence-electron chi connectivity index (χ0n) is 18.7. The molecule has 0 aliphatic heterocycles. The molecule has 0 unspecified atom stereocenters. The van der Waals surface area contributed by atoms with Gasteiger partial charge in [-0.05, 0) is 74.2 Å². The average molecular weight is 434 g/mol. The third-order valence-electron chi connectivity index (χ3n) is 4.69. The predicted molar refractivity (Wildman–Crippen MR) is 124 cm³/mol. The molecule has 166 valence electrons. The fourth-order valence-electron chi connectivity index (χ4n) is 2.94. The molecule has 2 N–H and O–H groups in total. The fraction of sp³-hybridized carbons (Fsp3) is 0.240. The summed E-state index contributed by atoms with van der Waals surface area (Å²) in [7, 11) is 0. The van der Waals surface area contributed by atoms with Gasteiger partial charge >= 0.3 is 0 Å². The maximum Gasteiger partial charge on any atom is 0.263 e. The Kier molecular flexibility index (Phi) is 7.44. The number of nitrogens with zero attached hydrogens (tertiary/aromatic N) is 1. The number of benzene rings is 2. The van der Waals surface area contributed by atoms with Gasteiger partial charge in [0, 0.05) is 0 Å². The molecule has 2 amide bonds. The molecule has 7 nitrogen and oxygen atoms in total. The minimum absolute atomic E-state index is 0.147. The lowest BCUT2D eigenvalue weighted by Crippen LogP contribution is -2.23. The number of pyridine rings is 1. The van der Waals surface area contributed by atoms with E-state index in [1.807, 2.05) is 64.1 Å². The van der Waals surface area contributed by atoms with Crippen molar-refractivity contribution < 1.29 is 19.1 Å². The van der Waals surface area contributed by atoms with Crippen LogP contribution in [0.2, 0.25) is 0 Å². The molecule has 32 heavy (non-hydrogen) atoms. The van der Waals surface area contributed by atoms with E-state index < -0.39 is 0 Å². The van der Waals surface area contributed by atoms with E-state index in [2.05, 4.69) is 15.6 Å². The van der Waals surface area contributed by atoms with E-state index in [1.54, 1.807) is 18.2 Å². The molecule has 0 aliphatic carbocycles. The number of hydrogen-bond donors (Lipinski definition) is 2. The monoisotopic (exact) mass is 433 g/mol. The molecule has 0 saturated heterocycles. The third-order valence-corrected chi connectivity index (χ3v) is 4.69. The molecule has 0 bridgehead atoms. The molecule has 7 heteroatoms. The van der Waals surface area contributed by atoms with Gasteiger partial charge in [0.1, 0.15) is 23.1 Å². The summed E-state index contributed by atoms with van der Waals surface area (Å²) in [5.41, 5.74) is 4.01. The number of ether oxygens (including phenoxy) is 2. The van der Waals surface area contributed by atoms with Gasteiger partial charge in [0.05, 0.1) is 0 Å². The smallest absolute Gasteiger partial charge is 0.263 e. The minimum atomic E-state index is -0.347. The number of carbonyl (C=O) groups is 2. The molecule has 3 aromatic rings. The Balaban J connectivity index is 1.52. The van der Waals surface area contributed by atoms with Gasteiger partial charge in [-0.15, -0.1) is 0 Å². The van der Waals surface area contributed by atoms with Gasteiger partial charge in [-0.2, -0.15) is 0 Å². The van der Waals surface area contributed by atoms with Crippen LogP contribution in [0.15, 0.2) is 54.6 Å². The van der Waals surface area contributed by atoms with Gasteiger partial charge in [0.15, 0.2) is 13.2 Å². The Morgan fingerprint density at radius 1 is 0.719 bits per heavy atom. The summed E-state index contributed by atoms with van der Waals surface area (Å²) in [5, 5.41) is 5.35. The highest BCUT2D eigenvalue weighted by Crippen LogP contribution is 2.20. The molecule has 0 atom stereocenters. The van der Waals surface area contributed by atoms with E-state index in [9.17, 15) is 9.59 Å². The van der Waals surface area contributed by atoms with Crippen LogP contribution in [0.25, 0.3) is 0 Å². The SMILES string of the molecule is Cc1ccc(C)c(OCC(=O)Nc2cccc(NC(=O)COc3cc(C)ccc3C)n2)c1. The number of amides is 2. The van der Waals surface area contributed by atoms with Gasteiger partial charge in [0.25, 0.3) is 11.8 Å².